The van der Waals surface area contributed by atoms with Crippen molar-refractivity contribution in [2.75, 3.05) is 24.6 Å². The van der Waals surface area contributed by atoms with E-state index in [4.69, 9.17) is 5.73 Å². The van der Waals surface area contributed by atoms with E-state index in [2.05, 4.69) is 0 Å². The van der Waals surface area contributed by atoms with Gasteiger partial charge in [-0.1, -0.05) is 0 Å². The topological polar surface area (TPSA) is 46.3 Å². The zero-order chi connectivity index (χ0) is 9.68. The summed E-state index contributed by atoms with van der Waals surface area (Å²) in [5.41, 5.74) is 5.60. The fourth-order valence-electron chi connectivity index (χ4n) is 1.09. The molecule has 1 saturated heterocycles. The molecule has 2 N–H and O–H groups in total. The molecule has 0 radical (unpaired) electrons. The van der Waals surface area contributed by atoms with Crippen molar-refractivity contribution in [2.45, 2.75) is 25.8 Å². The fourth-order valence-corrected chi connectivity index (χ4v) is 2.13. The number of hydrogen-bond acceptors (Lipinski definition) is 3. The van der Waals surface area contributed by atoms with E-state index in [1.165, 1.54) is 6.42 Å². The van der Waals surface area contributed by atoms with Crippen molar-refractivity contribution in [3.63, 3.8) is 0 Å². The van der Waals surface area contributed by atoms with E-state index in [0.29, 0.717) is 11.7 Å². The zero-order valence-electron chi connectivity index (χ0n) is 8.16. The molecule has 13 heavy (non-hydrogen) atoms. The molecule has 1 aliphatic rings. The summed E-state index contributed by atoms with van der Waals surface area (Å²) in [5.74, 6) is 1.92. The lowest BCUT2D eigenvalue weighted by molar-refractivity contribution is -0.131. The highest BCUT2D eigenvalue weighted by atomic mass is 32.2. The molecule has 1 fully saturated rings. The molecule has 0 spiro atoms. The molecule has 1 atom stereocenters. The molecule has 1 unspecified atom stereocenters. The number of likely N-dealkylation sites (tertiary alicyclic amines) is 1. The molecular weight excluding hydrogens is 184 g/mol. The maximum Gasteiger partial charge on any atom is 0.232 e. The first-order valence-electron chi connectivity index (χ1n) is 4.81. The first-order valence-corrected chi connectivity index (χ1v) is 5.96. The number of nitrogens with zero attached hydrogens (tertiary/aromatic N) is 1. The van der Waals surface area contributed by atoms with Crippen LogP contribution in [-0.4, -0.2) is 41.4 Å². The molecule has 1 heterocycles. The predicted octanol–water partition coefficient (Wildman–Crippen LogP) is 0.689. The lowest BCUT2D eigenvalue weighted by atomic mass is 10.2. The van der Waals surface area contributed by atoms with Crippen LogP contribution < -0.4 is 5.73 Å². The van der Waals surface area contributed by atoms with Gasteiger partial charge in [-0.05, 0) is 25.5 Å². The van der Waals surface area contributed by atoms with Crippen LogP contribution in [0.25, 0.3) is 0 Å². The second kappa shape index (κ2) is 5.50. The Balaban J connectivity index is 1.95. The Morgan fingerprint density at radius 1 is 1.62 bits per heavy atom. The summed E-state index contributed by atoms with van der Waals surface area (Å²) >= 11 is 1.70. The first-order chi connectivity index (χ1) is 6.20. The number of nitrogens with two attached hydrogens (primary N) is 1. The third-order valence-electron chi connectivity index (χ3n) is 2.15. The van der Waals surface area contributed by atoms with E-state index >= 15 is 0 Å². The largest absolute Gasteiger partial charge is 0.342 e. The van der Waals surface area contributed by atoms with Gasteiger partial charge >= 0.3 is 0 Å². The lowest BCUT2D eigenvalue weighted by Crippen LogP contribution is -2.43. The van der Waals surface area contributed by atoms with Gasteiger partial charge in [-0.15, -0.1) is 0 Å². The Hall–Kier alpha value is -0.220. The summed E-state index contributed by atoms with van der Waals surface area (Å²) < 4.78 is 0. The van der Waals surface area contributed by atoms with Crippen LogP contribution in [0.5, 0.6) is 0 Å². The van der Waals surface area contributed by atoms with Gasteiger partial charge in [0.2, 0.25) is 5.91 Å². The van der Waals surface area contributed by atoms with Crippen molar-refractivity contribution in [3.8, 4) is 0 Å². The van der Waals surface area contributed by atoms with Gasteiger partial charge in [0.25, 0.3) is 0 Å². The Labute approximate surface area is 84.0 Å². The van der Waals surface area contributed by atoms with E-state index in [1.54, 1.807) is 11.8 Å². The van der Waals surface area contributed by atoms with Gasteiger partial charge in [-0.3, -0.25) is 4.79 Å². The molecular formula is C9H18N2OS. The molecule has 4 heteroatoms. The highest BCUT2D eigenvalue weighted by Crippen LogP contribution is 2.10. The standard InChI is InChI=1S/C9H18N2OS/c1-8(10)3-6-13-7-9(12)11-4-2-5-11/h8H,2-7,10H2,1H3. The molecule has 1 amide bonds. The van der Waals surface area contributed by atoms with Crippen LogP contribution in [0.2, 0.25) is 0 Å². The Morgan fingerprint density at radius 3 is 2.77 bits per heavy atom. The van der Waals surface area contributed by atoms with Gasteiger partial charge in [0.15, 0.2) is 0 Å². The molecule has 0 aliphatic carbocycles. The van der Waals surface area contributed by atoms with E-state index < -0.39 is 0 Å². The molecule has 1 aliphatic heterocycles. The molecule has 0 saturated carbocycles. The summed E-state index contributed by atoms with van der Waals surface area (Å²) in [6, 6.07) is 0.256. The molecule has 0 aromatic rings. The molecule has 0 bridgehead atoms. The monoisotopic (exact) mass is 202 g/mol. The van der Waals surface area contributed by atoms with Crippen molar-refractivity contribution in [3.05, 3.63) is 0 Å². The van der Waals surface area contributed by atoms with Crippen molar-refractivity contribution >= 4 is 17.7 Å². The number of thioether (sulfide) groups is 1. The fraction of sp³-hybridized carbons (Fsp3) is 0.889. The predicted molar refractivity (Wildman–Crippen MR) is 56.8 cm³/mol. The average Bonchev–Trinajstić information content (AvgIpc) is 1.94. The van der Waals surface area contributed by atoms with Crippen LogP contribution >= 0.6 is 11.8 Å². The van der Waals surface area contributed by atoms with Gasteiger partial charge in [-0.2, -0.15) is 11.8 Å². The zero-order valence-corrected chi connectivity index (χ0v) is 8.98. The van der Waals surface area contributed by atoms with Gasteiger partial charge in [0.05, 0.1) is 5.75 Å². The maximum atomic E-state index is 11.3. The summed E-state index contributed by atoms with van der Waals surface area (Å²) in [5, 5.41) is 0. The van der Waals surface area contributed by atoms with Crippen LogP contribution in [-0.2, 0) is 4.79 Å². The van der Waals surface area contributed by atoms with Crippen LogP contribution in [0.15, 0.2) is 0 Å². The molecule has 1 rings (SSSR count). The molecule has 0 aromatic carbocycles. The van der Waals surface area contributed by atoms with E-state index in [-0.39, 0.29) is 6.04 Å². The summed E-state index contributed by atoms with van der Waals surface area (Å²) in [6.07, 6.45) is 2.17. The number of carbonyl (C=O) groups excluding carboxylic acids is 1. The normalized spacial score (nSPS) is 18.2. The van der Waals surface area contributed by atoms with E-state index in [0.717, 1.165) is 25.3 Å². The minimum atomic E-state index is 0.256. The maximum absolute atomic E-state index is 11.3. The minimum absolute atomic E-state index is 0.256. The number of rotatable bonds is 5. The van der Waals surface area contributed by atoms with Gasteiger partial charge in [0.1, 0.15) is 0 Å². The smallest absolute Gasteiger partial charge is 0.232 e. The molecule has 3 nitrogen and oxygen atoms in total. The third kappa shape index (κ3) is 4.00. The van der Waals surface area contributed by atoms with Crippen molar-refractivity contribution in [2.24, 2.45) is 5.73 Å². The second-order valence-corrected chi connectivity index (χ2v) is 4.66. The molecule has 0 aromatic heterocycles. The van der Waals surface area contributed by atoms with Crippen LogP contribution in [0, 0.1) is 0 Å². The first kappa shape index (κ1) is 10.9. The number of amides is 1. The van der Waals surface area contributed by atoms with Crippen LogP contribution in [0.4, 0.5) is 0 Å². The second-order valence-electron chi connectivity index (χ2n) is 3.55. The van der Waals surface area contributed by atoms with Crippen molar-refractivity contribution < 1.29 is 4.79 Å². The van der Waals surface area contributed by atoms with Crippen molar-refractivity contribution in [1.29, 1.82) is 0 Å². The highest BCUT2D eigenvalue weighted by molar-refractivity contribution is 7.99. The third-order valence-corrected chi connectivity index (χ3v) is 3.13. The van der Waals surface area contributed by atoms with E-state index in [1.807, 2.05) is 11.8 Å². The summed E-state index contributed by atoms with van der Waals surface area (Å²) in [6.45, 7) is 3.93. The SMILES string of the molecule is CC(N)CCSCC(=O)N1CCC1. The minimum Gasteiger partial charge on any atom is -0.342 e. The highest BCUT2D eigenvalue weighted by Gasteiger charge is 2.19. The Kier molecular flexibility index (Phi) is 4.59. The van der Waals surface area contributed by atoms with Crippen LogP contribution in [0.3, 0.4) is 0 Å². The summed E-state index contributed by atoms with van der Waals surface area (Å²) in [4.78, 5) is 13.3. The van der Waals surface area contributed by atoms with Crippen molar-refractivity contribution in [1.82, 2.24) is 4.90 Å². The quantitative estimate of drug-likeness (QED) is 0.667. The summed E-state index contributed by atoms with van der Waals surface area (Å²) in [7, 11) is 0. The van der Waals surface area contributed by atoms with Gasteiger partial charge < -0.3 is 10.6 Å². The van der Waals surface area contributed by atoms with Crippen LogP contribution in [0.1, 0.15) is 19.8 Å². The van der Waals surface area contributed by atoms with Gasteiger partial charge in [-0.25, -0.2) is 0 Å². The van der Waals surface area contributed by atoms with Gasteiger partial charge in [0, 0.05) is 19.1 Å². The Morgan fingerprint density at radius 2 is 2.31 bits per heavy atom. The Bertz CT molecular complexity index is 169. The number of carbonyl (C=O) groups is 1. The lowest BCUT2D eigenvalue weighted by Gasteiger charge is -2.30. The molecule has 76 valence electrons. The number of hydrogen-bond donors (Lipinski definition) is 1. The average molecular weight is 202 g/mol. The van der Waals surface area contributed by atoms with E-state index in [9.17, 15) is 4.79 Å².